The van der Waals surface area contributed by atoms with Crippen LogP contribution >= 0.6 is 23.4 Å². The summed E-state index contributed by atoms with van der Waals surface area (Å²) < 4.78 is 0. The van der Waals surface area contributed by atoms with Crippen molar-refractivity contribution in [2.24, 2.45) is 0 Å². The molecule has 4 nitrogen and oxygen atoms in total. The Labute approximate surface area is 180 Å². The zero-order valence-electron chi connectivity index (χ0n) is 16.1. The molecule has 29 heavy (non-hydrogen) atoms. The quantitative estimate of drug-likeness (QED) is 0.629. The standard InChI is InChI=1S/C23H23ClN2O2S/c24-17-4-1-3-15(11-17)5-6-16-12-18-19-14-25(23(27)28)9-7-20(19)26-8-2-10-29-21(13-16)22(18)26/h1,3-6,11-13,19-20H,2,7-10,14H2,(H,27,28)/b6-5+/t19-,20-/m0/s1. The van der Waals surface area contributed by atoms with Gasteiger partial charge >= 0.3 is 6.09 Å². The molecule has 0 bridgehead atoms. The zero-order chi connectivity index (χ0) is 20.0. The van der Waals surface area contributed by atoms with Gasteiger partial charge in [-0.05, 0) is 59.6 Å². The van der Waals surface area contributed by atoms with Crippen molar-refractivity contribution in [3.05, 3.63) is 58.1 Å². The van der Waals surface area contributed by atoms with E-state index in [1.54, 1.807) is 4.90 Å². The van der Waals surface area contributed by atoms with E-state index in [0.29, 0.717) is 19.1 Å². The Balaban J connectivity index is 1.54. The Morgan fingerprint density at radius 3 is 2.86 bits per heavy atom. The average molecular weight is 427 g/mol. The first-order valence-corrected chi connectivity index (χ1v) is 11.5. The van der Waals surface area contributed by atoms with E-state index in [9.17, 15) is 9.90 Å². The minimum absolute atomic E-state index is 0.256. The highest BCUT2D eigenvalue weighted by molar-refractivity contribution is 7.99. The van der Waals surface area contributed by atoms with Crippen molar-refractivity contribution in [1.29, 1.82) is 0 Å². The number of rotatable bonds is 2. The van der Waals surface area contributed by atoms with Crippen molar-refractivity contribution in [3.8, 4) is 0 Å². The smallest absolute Gasteiger partial charge is 0.407 e. The summed E-state index contributed by atoms with van der Waals surface area (Å²) in [4.78, 5) is 17.1. The van der Waals surface area contributed by atoms with Crippen LogP contribution in [0, 0.1) is 0 Å². The molecule has 2 aromatic carbocycles. The van der Waals surface area contributed by atoms with Gasteiger partial charge in [0.05, 0.1) is 5.69 Å². The molecule has 1 fully saturated rings. The summed E-state index contributed by atoms with van der Waals surface area (Å²) in [6, 6.07) is 12.8. The predicted octanol–water partition coefficient (Wildman–Crippen LogP) is 5.66. The third kappa shape index (κ3) is 3.51. The number of piperidine rings is 1. The molecule has 1 N–H and O–H groups in total. The molecule has 6 heteroatoms. The number of fused-ring (bicyclic) bond motifs is 3. The normalized spacial score (nSPS) is 23.1. The first-order chi connectivity index (χ1) is 14.1. The largest absolute Gasteiger partial charge is 0.465 e. The van der Waals surface area contributed by atoms with Gasteiger partial charge in [-0.2, -0.15) is 0 Å². The summed E-state index contributed by atoms with van der Waals surface area (Å²) in [6.45, 7) is 2.29. The number of halogens is 1. The Hall–Kier alpha value is -2.11. The van der Waals surface area contributed by atoms with Crippen LogP contribution in [0.5, 0.6) is 0 Å². The molecule has 0 aromatic heterocycles. The van der Waals surface area contributed by atoms with Crippen molar-refractivity contribution in [3.63, 3.8) is 0 Å². The lowest BCUT2D eigenvalue weighted by Gasteiger charge is -2.37. The second-order valence-electron chi connectivity index (χ2n) is 7.93. The van der Waals surface area contributed by atoms with Crippen LogP contribution in [0.4, 0.5) is 10.5 Å². The monoisotopic (exact) mass is 426 g/mol. The fraction of sp³-hybridized carbons (Fsp3) is 0.348. The molecule has 0 aliphatic carbocycles. The second-order valence-corrected chi connectivity index (χ2v) is 9.50. The molecule has 2 aromatic rings. The van der Waals surface area contributed by atoms with Gasteiger partial charge in [0.1, 0.15) is 0 Å². The van der Waals surface area contributed by atoms with Crippen LogP contribution in [0.1, 0.15) is 35.4 Å². The number of nitrogens with zero attached hydrogens (tertiary/aromatic N) is 2. The summed E-state index contributed by atoms with van der Waals surface area (Å²) in [7, 11) is 0. The SMILES string of the molecule is O=C(O)N1CC[C@H]2[C@@H](C1)c1cc(/C=C/c3cccc(Cl)c3)cc3c1N2CCCS3. The molecule has 0 radical (unpaired) electrons. The Morgan fingerprint density at radius 2 is 2.03 bits per heavy atom. The number of thioether (sulfide) groups is 1. The van der Waals surface area contributed by atoms with Gasteiger partial charge in [-0.1, -0.05) is 35.9 Å². The van der Waals surface area contributed by atoms with Crippen molar-refractivity contribution < 1.29 is 9.90 Å². The Bertz CT molecular complexity index is 993. The van der Waals surface area contributed by atoms with Crippen LogP contribution in [0.25, 0.3) is 12.2 Å². The van der Waals surface area contributed by atoms with Crippen molar-refractivity contribution in [2.75, 3.05) is 30.3 Å². The second kappa shape index (κ2) is 7.62. The summed E-state index contributed by atoms with van der Waals surface area (Å²) in [5.41, 5.74) is 4.92. The van der Waals surface area contributed by atoms with Gasteiger partial charge in [-0.15, -0.1) is 11.8 Å². The van der Waals surface area contributed by atoms with Gasteiger partial charge < -0.3 is 14.9 Å². The Kier molecular flexibility index (Phi) is 4.96. The van der Waals surface area contributed by atoms with Gasteiger partial charge in [-0.25, -0.2) is 4.79 Å². The molecule has 2 atom stereocenters. The molecule has 3 heterocycles. The molecule has 1 amide bonds. The van der Waals surface area contributed by atoms with Crippen LogP contribution in [-0.2, 0) is 0 Å². The van der Waals surface area contributed by atoms with Crippen LogP contribution in [0.15, 0.2) is 41.3 Å². The number of hydrogen-bond donors (Lipinski definition) is 1. The molecule has 3 aliphatic heterocycles. The lowest BCUT2D eigenvalue weighted by Crippen LogP contribution is -2.48. The minimum atomic E-state index is -0.804. The number of amides is 1. The van der Waals surface area contributed by atoms with Gasteiger partial charge in [0, 0.05) is 41.5 Å². The number of carboxylic acid groups (broad SMARTS) is 1. The lowest BCUT2D eigenvalue weighted by atomic mass is 9.88. The van der Waals surface area contributed by atoms with E-state index in [1.807, 2.05) is 36.0 Å². The fourth-order valence-electron chi connectivity index (χ4n) is 4.90. The maximum Gasteiger partial charge on any atom is 0.407 e. The highest BCUT2D eigenvalue weighted by Crippen LogP contribution is 2.51. The number of benzene rings is 2. The third-order valence-corrected chi connectivity index (χ3v) is 7.53. The van der Waals surface area contributed by atoms with Gasteiger partial charge in [0.2, 0.25) is 0 Å². The van der Waals surface area contributed by atoms with E-state index >= 15 is 0 Å². The first-order valence-electron chi connectivity index (χ1n) is 10.1. The van der Waals surface area contributed by atoms with E-state index in [-0.39, 0.29) is 5.92 Å². The number of hydrogen-bond acceptors (Lipinski definition) is 3. The average Bonchev–Trinajstić information content (AvgIpc) is 2.87. The molecule has 0 spiro atoms. The molecule has 0 saturated carbocycles. The highest BCUT2D eigenvalue weighted by atomic mass is 35.5. The summed E-state index contributed by atoms with van der Waals surface area (Å²) in [6.07, 6.45) is 5.50. The molecular weight excluding hydrogens is 404 g/mol. The fourth-order valence-corrected chi connectivity index (χ4v) is 6.19. The van der Waals surface area contributed by atoms with Gasteiger partial charge in [0.25, 0.3) is 0 Å². The zero-order valence-corrected chi connectivity index (χ0v) is 17.6. The molecule has 5 rings (SSSR count). The van der Waals surface area contributed by atoms with E-state index in [0.717, 1.165) is 29.3 Å². The van der Waals surface area contributed by atoms with Crippen molar-refractivity contribution in [2.45, 2.75) is 29.7 Å². The summed E-state index contributed by atoms with van der Waals surface area (Å²) >= 11 is 8.04. The topological polar surface area (TPSA) is 43.8 Å². The van der Waals surface area contributed by atoms with E-state index in [2.05, 4.69) is 29.2 Å². The number of carbonyl (C=O) groups is 1. The van der Waals surface area contributed by atoms with Crippen LogP contribution in [0.2, 0.25) is 5.02 Å². The van der Waals surface area contributed by atoms with Crippen molar-refractivity contribution >= 4 is 47.3 Å². The first kappa shape index (κ1) is 18.9. The molecular formula is C23H23ClN2O2S. The van der Waals surface area contributed by atoms with Gasteiger partial charge in [0.15, 0.2) is 0 Å². The number of anilines is 1. The summed E-state index contributed by atoms with van der Waals surface area (Å²) in [5, 5.41) is 10.2. The van der Waals surface area contributed by atoms with Gasteiger partial charge in [-0.3, -0.25) is 0 Å². The predicted molar refractivity (Wildman–Crippen MR) is 120 cm³/mol. The van der Waals surface area contributed by atoms with Crippen LogP contribution < -0.4 is 4.90 Å². The van der Waals surface area contributed by atoms with Crippen molar-refractivity contribution in [1.82, 2.24) is 4.90 Å². The van der Waals surface area contributed by atoms with E-state index in [4.69, 9.17) is 11.6 Å². The maximum absolute atomic E-state index is 11.6. The molecule has 150 valence electrons. The molecule has 3 aliphatic rings. The maximum atomic E-state index is 11.6. The van der Waals surface area contributed by atoms with Crippen LogP contribution in [-0.4, -0.2) is 47.5 Å². The number of likely N-dealkylation sites (tertiary alicyclic amines) is 1. The molecule has 1 saturated heterocycles. The minimum Gasteiger partial charge on any atom is -0.465 e. The molecule has 0 unspecified atom stereocenters. The van der Waals surface area contributed by atoms with E-state index < -0.39 is 6.09 Å². The van der Waals surface area contributed by atoms with E-state index in [1.165, 1.54) is 28.1 Å². The van der Waals surface area contributed by atoms with Crippen LogP contribution in [0.3, 0.4) is 0 Å². The highest BCUT2D eigenvalue weighted by Gasteiger charge is 2.44. The Morgan fingerprint density at radius 1 is 1.17 bits per heavy atom. The lowest BCUT2D eigenvalue weighted by molar-refractivity contribution is 0.127. The summed E-state index contributed by atoms with van der Waals surface area (Å²) in [5.74, 6) is 1.38. The third-order valence-electron chi connectivity index (χ3n) is 6.18.